The minimum Gasteiger partial charge on any atom is -0.353 e. The maximum Gasteiger partial charge on any atom is 0.230 e. The molecule has 3 N–H and O–H groups in total. The van der Waals surface area contributed by atoms with Crippen LogP contribution >= 0.6 is 23.4 Å². The minimum absolute atomic E-state index is 0.0720. The molecule has 0 saturated carbocycles. The molecule has 0 fully saturated rings. The van der Waals surface area contributed by atoms with Gasteiger partial charge in [-0.25, -0.2) is 4.68 Å². The van der Waals surface area contributed by atoms with Gasteiger partial charge < -0.3 is 11.2 Å². The molecule has 0 spiro atoms. The third-order valence-corrected chi connectivity index (χ3v) is 3.83. The summed E-state index contributed by atoms with van der Waals surface area (Å²) in [6.07, 6.45) is 0. The standard InChI is InChI=1S/C13H16ClN5OS/c1-8(2)16-11(20)7-21-13-18-17-12(19(13)15)9-5-3-4-6-10(9)14/h3-6,8H,7,15H2,1-2H3,(H,16,20). The number of hydrogen-bond donors (Lipinski definition) is 2. The van der Waals surface area contributed by atoms with E-state index in [-0.39, 0.29) is 17.7 Å². The molecule has 6 nitrogen and oxygen atoms in total. The lowest BCUT2D eigenvalue weighted by Crippen LogP contribution is -2.31. The maximum absolute atomic E-state index is 11.6. The quantitative estimate of drug-likeness (QED) is 0.648. The smallest absolute Gasteiger partial charge is 0.230 e. The van der Waals surface area contributed by atoms with Gasteiger partial charge in [-0.05, 0) is 26.0 Å². The molecule has 2 aromatic rings. The van der Waals surface area contributed by atoms with E-state index in [4.69, 9.17) is 17.4 Å². The number of nitrogen functional groups attached to an aromatic ring is 1. The number of benzene rings is 1. The number of carbonyl (C=O) groups is 1. The summed E-state index contributed by atoms with van der Waals surface area (Å²) in [5.74, 6) is 6.60. The normalized spacial score (nSPS) is 10.9. The fourth-order valence-electron chi connectivity index (χ4n) is 1.70. The molecule has 1 aromatic carbocycles. The molecule has 0 saturated heterocycles. The molecular weight excluding hydrogens is 310 g/mol. The van der Waals surface area contributed by atoms with Crippen LogP contribution in [-0.4, -0.2) is 32.6 Å². The first kappa shape index (κ1) is 15.7. The Morgan fingerprint density at radius 3 is 2.81 bits per heavy atom. The highest BCUT2D eigenvalue weighted by Crippen LogP contribution is 2.27. The molecule has 2 rings (SSSR count). The monoisotopic (exact) mass is 325 g/mol. The second-order valence-electron chi connectivity index (χ2n) is 4.67. The summed E-state index contributed by atoms with van der Waals surface area (Å²) in [6, 6.07) is 7.35. The van der Waals surface area contributed by atoms with E-state index in [1.54, 1.807) is 6.07 Å². The summed E-state index contributed by atoms with van der Waals surface area (Å²) in [4.78, 5) is 11.6. The largest absolute Gasteiger partial charge is 0.353 e. The van der Waals surface area contributed by atoms with Crippen molar-refractivity contribution in [1.82, 2.24) is 20.2 Å². The van der Waals surface area contributed by atoms with Crippen LogP contribution in [0.25, 0.3) is 11.4 Å². The Hall–Kier alpha value is -1.73. The molecule has 0 unspecified atom stereocenters. The Balaban J connectivity index is 2.11. The van der Waals surface area contributed by atoms with Crippen LogP contribution in [0.5, 0.6) is 0 Å². The molecule has 0 aliphatic heterocycles. The van der Waals surface area contributed by atoms with Crippen molar-refractivity contribution in [2.75, 3.05) is 11.6 Å². The van der Waals surface area contributed by atoms with E-state index in [1.807, 2.05) is 32.0 Å². The van der Waals surface area contributed by atoms with Crippen LogP contribution in [0.2, 0.25) is 5.02 Å². The van der Waals surface area contributed by atoms with Crippen molar-refractivity contribution in [3.8, 4) is 11.4 Å². The zero-order valence-corrected chi connectivity index (χ0v) is 13.3. The predicted molar refractivity (Wildman–Crippen MR) is 84.6 cm³/mol. The fraction of sp³-hybridized carbons (Fsp3) is 0.308. The summed E-state index contributed by atoms with van der Waals surface area (Å²) in [6.45, 7) is 3.81. The lowest BCUT2D eigenvalue weighted by Gasteiger charge is -2.08. The predicted octanol–water partition coefficient (Wildman–Crippen LogP) is 1.93. The number of rotatable bonds is 5. The lowest BCUT2D eigenvalue weighted by atomic mass is 10.2. The topological polar surface area (TPSA) is 85.8 Å². The Morgan fingerprint density at radius 2 is 2.14 bits per heavy atom. The SMILES string of the molecule is CC(C)NC(=O)CSc1nnc(-c2ccccc2Cl)n1N. The van der Waals surface area contributed by atoms with Crippen molar-refractivity contribution in [2.24, 2.45) is 0 Å². The first-order valence-electron chi connectivity index (χ1n) is 6.36. The van der Waals surface area contributed by atoms with Crippen molar-refractivity contribution in [3.63, 3.8) is 0 Å². The van der Waals surface area contributed by atoms with Gasteiger partial charge in [0.1, 0.15) is 0 Å². The van der Waals surface area contributed by atoms with Gasteiger partial charge in [-0.2, -0.15) is 0 Å². The van der Waals surface area contributed by atoms with E-state index in [0.717, 1.165) is 0 Å². The van der Waals surface area contributed by atoms with Gasteiger partial charge in [0.15, 0.2) is 5.82 Å². The summed E-state index contributed by atoms with van der Waals surface area (Å²) < 4.78 is 1.34. The van der Waals surface area contributed by atoms with Crippen molar-refractivity contribution in [2.45, 2.75) is 25.0 Å². The highest BCUT2D eigenvalue weighted by Gasteiger charge is 2.15. The van der Waals surface area contributed by atoms with E-state index in [9.17, 15) is 4.79 Å². The van der Waals surface area contributed by atoms with Gasteiger partial charge in [-0.3, -0.25) is 4.79 Å². The zero-order valence-electron chi connectivity index (χ0n) is 11.7. The average molecular weight is 326 g/mol. The molecular formula is C13H16ClN5OS. The number of aromatic nitrogens is 3. The first-order chi connectivity index (χ1) is 9.99. The van der Waals surface area contributed by atoms with Crippen LogP contribution in [0.15, 0.2) is 29.4 Å². The molecule has 8 heteroatoms. The Labute approximate surface area is 132 Å². The van der Waals surface area contributed by atoms with E-state index in [1.165, 1.54) is 16.4 Å². The minimum atomic E-state index is -0.0720. The molecule has 1 amide bonds. The molecule has 0 bridgehead atoms. The molecule has 112 valence electrons. The van der Waals surface area contributed by atoms with E-state index in [0.29, 0.717) is 21.6 Å². The fourth-order valence-corrected chi connectivity index (χ4v) is 2.58. The second kappa shape index (κ2) is 6.82. The van der Waals surface area contributed by atoms with Crippen LogP contribution in [0.1, 0.15) is 13.8 Å². The highest BCUT2D eigenvalue weighted by atomic mass is 35.5. The van der Waals surface area contributed by atoms with Crippen LogP contribution in [0.4, 0.5) is 0 Å². The van der Waals surface area contributed by atoms with Crippen LogP contribution in [-0.2, 0) is 4.79 Å². The number of nitrogens with one attached hydrogen (secondary N) is 1. The summed E-state index contributed by atoms with van der Waals surface area (Å²) >= 11 is 7.34. The molecule has 0 atom stereocenters. The first-order valence-corrected chi connectivity index (χ1v) is 7.73. The Kier molecular flexibility index (Phi) is 5.08. The summed E-state index contributed by atoms with van der Waals surface area (Å²) in [5, 5.41) is 11.8. The molecule has 0 aliphatic rings. The number of amides is 1. The Bertz CT molecular complexity index is 643. The van der Waals surface area contributed by atoms with Gasteiger partial charge in [0, 0.05) is 11.6 Å². The third-order valence-electron chi connectivity index (χ3n) is 2.56. The van der Waals surface area contributed by atoms with Gasteiger partial charge in [0.05, 0.1) is 10.8 Å². The molecule has 21 heavy (non-hydrogen) atoms. The number of thioether (sulfide) groups is 1. The summed E-state index contributed by atoms with van der Waals surface area (Å²) in [7, 11) is 0. The third kappa shape index (κ3) is 3.89. The zero-order chi connectivity index (χ0) is 15.4. The Morgan fingerprint density at radius 1 is 1.43 bits per heavy atom. The summed E-state index contributed by atoms with van der Waals surface area (Å²) in [5.41, 5.74) is 0.702. The van der Waals surface area contributed by atoms with Gasteiger partial charge in [-0.15, -0.1) is 10.2 Å². The van der Waals surface area contributed by atoms with E-state index in [2.05, 4.69) is 15.5 Å². The number of halogens is 1. The highest BCUT2D eigenvalue weighted by molar-refractivity contribution is 7.99. The van der Waals surface area contributed by atoms with Crippen molar-refractivity contribution in [1.29, 1.82) is 0 Å². The van der Waals surface area contributed by atoms with E-state index >= 15 is 0 Å². The lowest BCUT2D eigenvalue weighted by molar-refractivity contribution is -0.119. The second-order valence-corrected chi connectivity index (χ2v) is 6.02. The number of carbonyl (C=O) groups excluding carboxylic acids is 1. The van der Waals surface area contributed by atoms with Gasteiger partial charge >= 0.3 is 0 Å². The van der Waals surface area contributed by atoms with Crippen LogP contribution < -0.4 is 11.2 Å². The van der Waals surface area contributed by atoms with E-state index < -0.39 is 0 Å². The van der Waals surface area contributed by atoms with Crippen molar-refractivity contribution >= 4 is 29.3 Å². The average Bonchev–Trinajstić information content (AvgIpc) is 2.77. The maximum atomic E-state index is 11.6. The van der Waals surface area contributed by atoms with Gasteiger partial charge in [0.25, 0.3) is 0 Å². The number of hydrogen-bond acceptors (Lipinski definition) is 5. The van der Waals surface area contributed by atoms with Crippen molar-refractivity contribution < 1.29 is 4.79 Å². The van der Waals surface area contributed by atoms with Crippen LogP contribution in [0, 0.1) is 0 Å². The van der Waals surface area contributed by atoms with Gasteiger partial charge in [0.2, 0.25) is 11.1 Å². The molecule has 1 heterocycles. The molecule has 0 radical (unpaired) electrons. The van der Waals surface area contributed by atoms with Crippen molar-refractivity contribution in [3.05, 3.63) is 29.3 Å². The number of nitrogens with zero attached hydrogens (tertiary/aromatic N) is 3. The molecule has 0 aliphatic carbocycles. The molecule has 1 aromatic heterocycles. The van der Waals surface area contributed by atoms with Gasteiger partial charge in [-0.1, -0.05) is 35.5 Å². The number of nitrogens with two attached hydrogens (primary N) is 1. The van der Waals surface area contributed by atoms with Crippen LogP contribution in [0.3, 0.4) is 0 Å².